The van der Waals surface area contributed by atoms with Crippen LogP contribution in [0.25, 0.3) is 0 Å². The Bertz CT molecular complexity index is 568. The maximum atomic E-state index is 12.4. The molecular weight excluding hydrogens is 308 g/mol. The Morgan fingerprint density at radius 1 is 1.17 bits per heavy atom. The highest BCUT2D eigenvalue weighted by atomic mass is 16.5. The molecule has 2 rings (SSSR count). The minimum Gasteiger partial charge on any atom is -0.383 e. The number of hydrogen-bond donors (Lipinski definition) is 2. The van der Waals surface area contributed by atoms with Crippen LogP contribution in [-0.2, 0) is 17.7 Å². The van der Waals surface area contributed by atoms with E-state index in [-0.39, 0.29) is 11.8 Å². The molecule has 7 heteroatoms. The lowest BCUT2D eigenvalue weighted by Gasteiger charge is -2.17. The minimum atomic E-state index is -0.234. The van der Waals surface area contributed by atoms with Crippen LogP contribution < -0.4 is 10.6 Å². The van der Waals surface area contributed by atoms with Gasteiger partial charge in [-0.1, -0.05) is 19.8 Å². The first-order valence-corrected chi connectivity index (χ1v) is 8.83. The average Bonchev–Trinajstić information content (AvgIpc) is 2.98. The number of imidazole rings is 1. The fourth-order valence-electron chi connectivity index (χ4n) is 2.90. The monoisotopic (exact) mass is 336 g/mol. The fraction of sp³-hybridized carbons (Fsp3) is 0.706. The van der Waals surface area contributed by atoms with Crippen molar-refractivity contribution in [3.8, 4) is 0 Å². The van der Waals surface area contributed by atoms with E-state index in [9.17, 15) is 9.59 Å². The van der Waals surface area contributed by atoms with E-state index in [1.807, 2.05) is 4.57 Å². The van der Waals surface area contributed by atoms with E-state index in [0.29, 0.717) is 31.2 Å². The van der Waals surface area contributed by atoms with Gasteiger partial charge in [0.25, 0.3) is 11.8 Å². The Labute approximate surface area is 143 Å². The highest BCUT2D eigenvalue weighted by molar-refractivity contribution is 5.97. The predicted molar refractivity (Wildman–Crippen MR) is 91.2 cm³/mol. The second-order valence-corrected chi connectivity index (χ2v) is 6.05. The number of hydrogen-bond acceptors (Lipinski definition) is 4. The Morgan fingerprint density at radius 3 is 2.71 bits per heavy atom. The number of aromatic nitrogens is 2. The molecule has 24 heavy (non-hydrogen) atoms. The molecule has 1 aromatic heterocycles. The molecule has 0 radical (unpaired) electrons. The Kier molecular flexibility index (Phi) is 7.24. The van der Waals surface area contributed by atoms with Crippen molar-refractivity contribution in [2.75, 3.05) is 26.8 Å². The quantitative estimate of drug-likeness (QED) is 0.670. The molecule has 0 unspecified atom stereocenters. The molecule has 0 aliphatic carbocycles. The Morgan fingerprint density at radius 2 is 1.96 bits per heavy atom. The van der Waals surface area contributed by atoms with Crippen LogP contribution in [0.4, 0.5) is 0 Å². The molecule has 1 aromatic rings. The third kappa shape index (κ3) is 4.56. The van der Waals surface area contributed by atoms with Gasteiger partial charge in [0.2, 0.25) is 0 Å². The zero-order valence-electron chi connectivity index (χ0n) is 14.7. The summed E-state index contributed by atoms with van der Waals surface area (Å²) in [5.41, 5.74) is 1.25. The van der Waals surface area contributed by atoms with Gasteiger partial charge in [-0.15, -0.1) is 0 Å². The van der Waals surface area contributed by atoms with Crippen molar-refractivity contribution in [2.45, 2.75) is 52.0 Å². The average molecular weight is 336 g/mol. The molecule has 0 spiro atoms. The predicted octanol–water partition coefficient (Wildman–Crippen LogP) is 1.52. The van der Waals surface area contributed by atoms with E-state index in [4.69, 9.17) is 4.74 Å². The third-order valence-electron chi connectivity index (χ3n) is 4.19. The largest absolute Gasteiger partial charge is 0.383 e. The lowest BCUT2D eigenvalue weighted by Crippen LogP contribution is -2.28. The maximum Gasteiger partial charge on any atom is 0.287 e. The standard InChI is InChI=1S/C17H28N4O3/c1-3-4-6-9-18-17(23)15-20-14(16(22)19-10-12-24-2)13-8-5-7-11-21(13)15/h3-12H2,1-2H3,(H,18,23)(H,19,22). The van der Waals surface area contributed by atoms with Crippen LogP contribution in [0.1, 0.15) is 65.8 Å². The van der Waals surface area contributed by atoms with Crippen molar-refractivity contribution >= 4 is 11.8 Å². The van der Waals surface area contributed by atoms with Gasteiger partial charge in [-0.2, -0.15) is 0 Å². The van der Waals surface area contributed by atoms with Crippen molar-refractivity contribution in [1.29, 1.82) is 0 Å². The SMILES string of the molecule is CCCCCNC(=O)c1nc(C(=O)NCCOC)c2n1CCCC2. The van der Waals surface area contributed by atoms with Crippen LogP contribution in [0.5, 0.6) is 0 Å². The van der Waals surface area contributed by atoms with Crippen molar-refractivity contribution in [3.63, 3.8) is 0 Å². The molecule has 0 saturated carbocycles. The molecule has 0 fully saturated rings. The van der Waals surface area contributed by atoms with Crippen molar-refractivity contribution < 1.29 is 14.3 Å². The van der Waals surface area contributed by atoms with Crippen LogP contribution in [0.2, 0.25) is 0 Å². The molecule has 134 valence electrons. The van der Waals surface area contributed by atoms with Gasteiger partial charge in [0.15, 0.2) is 5.82 Å². The first-order chi connectivity index (χ1) is 11.7. The summed E-state index contributed by atoms with van der Waals surface area (Å²) < 4.78 is 6.85. The van der Waals surface area contributed by atoms with Crippen LogP contribution >= 0.6 is 0 Å². The summed E-state index contributed by atoms with van der Waals surface area (Å²) in [4.78, 5) is 29.1. The lowest BCUT2D eigenvalue weighted by molar-refractivity contribution is 0.0931. The lowest BCUT2D eigenvalue weighted by atomic mass is 10.1. The van der Waals surface area contributed by atoms with Crippen molar-refractivity contribution in [1.82, 2.24) is 20.2 Å². The van der Waals surface area contributed by atoms with Crippen LogP contribution in [0, 0.1) is 0 Å². The molecule has 0 bridgehead atoms. The van der Waals surface area contributed by atoms with Gasteiger partial charge in [-0.05, 0) is 25.7 Å². The molecule has 0 saturated heterocycles. The first-order valence-electron chi connectivity index (χ1n) is 8.83. The number of nitrogens with zero attached hydrogens (tertiary/aromatic N) is 2. The molecule has 1 aliphatic rings. The zero-order valence-corrected chi connectivity index (χ0v) is 14.7. The van der Waals surface area contributed by atoms with E-state index >= 15 is 0 Å². The number of unbranched alkanes of at least 4 members (excludes halogenated alkanes) is 2. The number of methoxy groups -OCH3 is 1. The highest BCUT2D eigenvalue weighted by Crippen LogP contribution is 2.21. The van der Waals surface area contributed by atoms with Crippen LogP contribution in [0.3, 0.4) is 0 Å². The summed E-state index contributed by atoms with van der Waals surface area (Å²) >= 11 is 0. The second kappa shape index (κ2) is 9.42. The number of amides is 2. The van der Waals surface area contributed by atoms with E-state index in [0.717, 1.165) is 50.8 Å². The molecule has 2 heterocycles. The van der Waals surface area contributed by atoms with Gasteiger partial charge in [-0.25, -0.2) is 4.98 Å². The number of fused-ring (bicyclic) bond motifs is 1. The normalized spacial score (nSPS) is 13.4. The summed E-state index contributed by atoms with van der Waals surface area (Å²) in [7, 11) is 1.59. The van der Waals surface area contributed by atoms with Gasteiger partial charge in [0, 0.05) is 26.7 Å². The molecule has 2 N–H and O–H groups in total. The second-order valence-electron chi connectivity index (χ2n) is 6.05. The smallest absolute Gasteiger partial charge is 0.287 e. The summed E-state index contributed by atoms with van der Waals surface area (Å²) in [5, 5.41) is 5.71. The molecule has 1 aliphatic heterocycles. The van der Waals surface area contributed by atoms with E-state index in [1.165, 1.54) is 0 Å². The molecule has 0 aromatic carbocycles. The van der Waals surface area contributed by atoms with Gasteiger partial charge in [0.05, 0.1) is 12.3 Å². The molecular formula is C17H28N4O3. The van der Waals surface area contributed by atoms with Crippen LogP contribution in [-0.4, -0.2) is 48.2 Å². The number of nitrogens with one attached hydrogen (secondary N) is 2. The van der Waals surface area contributed by atoms with Gasteiger partial charge in [0.1, 0.15) is 5.69 Å². The zero-order chi connectivity index (χ0) is 17.4. The summed E-state index contributed by atoms with van der Waals surface area (Å²) in [5.74, 6) is -0.0639. The highest BCUT2D eigenvalue weighted by Gasteiger charge is 2.27. The summed E-state index contributed by atoms with van der Waals surface area (Å²) in [6.45, 7) is 4.39. The van der Waals surface area contributed by atoms with Gasteiger partial charge >= 0.3 is 0 Å². The number of carbonyl (C=O) groups excluding carboxylic acids is 2. The first kappa shape index (κ1) is 18.4. The van der Waals surface area contributed by atoms with E-state index in [2.05, 4.69) is 22.5 Å². The summed E-state index contributed by atoms with van der Waals surface area (Å²) in [6, 6.07) is 0. The molecule has 2 amide bonds. The number of carbonyl (C=O) groups is 2. The Hall–Kier alpha value is -1.89. The van der Waals surface area contributed by atoms with Crippen molar-refractivity contribution in [3.05, 3.63) is 17.2 Å². The summed E-state index contributed by atoms with van der Waals surface area (Å²) in [6.07, 6.45) is 5.96. The maximum absolute atomic E-state index is 12.4. The minimum absolute atomic E-state index is 0.190. The Balaban J connectivity index is 2.11. The van der Waals surface area contributed by atoms with E-state index in [1.54, 1.807) is 7.11 Å². The number of rotatable bonds is 9. The molecule has 7 nitrogen and oxygen atoms in total. The molecule has 0 atom stereocenters. The fourth-order valence-corrected chi connectivity index (χ4v) is 2.90. The van der Waals surface area contributed by atoms with Crippen molar-refractivity contribution in [2.24, 2.45) is 0 Å². The van der Waals surface area contributed by atoms with Gasteiger partial charge < -0.3 is 19.9 Å². The third-order valence-corrected chi connectivity index (χ3v) is 4.19. The van der Waals surface area contributed by atoms with Gasteiger partial charge in [-0.3, -0.25) is 9.59 Å². The topological polar surface area (TPSA) is 85.2 Å². The number of ether oxygens (including phenoxy) is 1. The van der Waals surface area contributed by atoms with E-state index < -0.39 is 0 Å². The van der Waals surface area contributed by atoms with Crippen LogP contribution in [0.15, 0.2) is 0 Å².